The molecular weight excluding hydrogens is 980 g/mol. The third-order valence-corrected chi connectivity index (χ3v) is 16.4. The quantitative estimate of drug-likeness (QED) is 0.112. The molecule has 0 fully saturated rings. The van der Waals surface area contributed by atoms with E-state index in [-0.39, 0.29) is 5.34 Å². The van der Waals surface area contributed by atoms with Gasteiger partial charge in [0, 0.05) is 43.1 Å². The Balaban J connectivity index is 0.000000123. The normalized spacial score (nSPS) is 12.1. The summed E-state index contributed by atoms with van der Waals surface area (Å²) in [6, 6.07) is 88.2. The summed E-state index contributed by atoms with van der Waals surface area (Å²) in [4.78, 5) is 0. The summed E-state index contributed by atoms with van der Waals surface area (Å²) in [6.07, 6.45) is 0. The lowest BCUT2D eigenvalue weighted by atomic mass is 9.90. The molecule has 0 atom stereocenters. The minimum Gasteiger partial charge on any atom is -0.456 e. The Morgan fingerprint density at radius 3 is 0.571 bits per heavy atom. The molecule has 18 rings (SSSR count). The predicted molar refractivity (Wildman–Crippen MR) is 334 cm³/mol. The molecule has 0 N–H and O–H groups in total. The van der Waals surface area contributed by atoms with Crippen LogP contribution in [-0.4, -0.2) is 5.34 Å². The molecule has 2 nitrogen and oxygen atoms in total. The fraction of sp³-hybridized carbons (Fsp3) is 0.0137. The van der Waals surface area contributed by atoms with E-state index < -0.39 is 0 Å². The van der Waals surface area contributed by atoms with Crippen LogP contribution in [0.2, 0.25) is 0 Å². The highest BCUT2D eigenvalue weighted by atomic mass is 35.5. The molecule has 0 unspecified atom stereocenters. The van der Waals surface area contributed by atoms with Crippen molar-refractivity contribution in [1.82, 2.24) is 0 Å². The highest BCUT2D eigenvalue weighted by molar-refractivity contribution is 6.41. The van der Waals surface area contributed by atoms with E-state index in [9.17, 15) is 0 Å². The molecule has 0 saturated carbocycles. The van der Waals surface area contributed by atoms with Crippen LogP contribution >= 0.6 is 23.2 Å². The van der Waals surface area contributed by atoms with Crippen molar-refractivity contribution in [2.75, 3.05) is 5.34 Å². The molecule has 2 heterocycles. The van der Waals surface area contributed by atoms with Gasteiger partial charge in [0.05, 0.1) is 5.34 Å². The molecule has 0 amide bonds. The topological polar surface area (TPSA) is 26.3 Å². The molecule has 0 aliphatic rings. The molecule has 0 spiro atoms. The van der Waals surface area contributed by atoms with Crippen LogP contribution in [-0.2, 0) is 0 Å². The van der Waals surface area contributed by atoms with Crippen LogP contribution < -0.4 is 0 Å². The van der Waals surface area contributed by atoms with Crippen LogP contribution in [0.3, 0.4) is 0 Å². The molecule has 0 aliphatic heterocycles. The Morgan fingerprint density at radius 1 is 0.182 bits per heavy atom. The number of benzene rings is 16. The minimum absolute atomic E-state index is 0.194. The van der Waals surface area contributed by atoms with E-state index in [4.69, 9.17) is 32.0 Å². The van der Waals surface area contributed by atoms with Gasteiger partial charge in [-0.1, -0.05) is 218 Å². The first kappa shape index (κ1) is 44.1. The molecule has 77 heavy (non-hydrogen) atoms. The molecule has 16 aromatic carbocycles. The number of hydrogen-bond acceptors (Lipinski definition) is 2. The van der Waals surface area contributed by atoms with Gasteiger partial charge < -0.3 is 8.83 Å². The van der Waals surface area contributed by atoms with Gasteiger partial charge in [-0.05, 0) is 132 Å². The van der Waals surface area contributed by atoms with Crippen molar-refractivity contribution in [1.29, 1.82) is 0 Å². The van der Waals surface area contributed by atoms with E-state index in [1.807, 2.05) is 0 Å². The van der Waals surface area contributed by atoms with E-state index in [1.54, 1.807) is 0 Å². The van der Waals surface area contributed by atoms with E-state index in [0.29, 0.717) is 0 Å². The highest BCUT2D eigenvalue weighted by Gasteiger charge is 2.21. The number of halogens is 2. The Kier molecular flexibility index (Phi) is 9.85. The summed E-state index contributed by atoms with van der Waals surface area (Å²) in [6.45, 7) is 0. The minimum atomic E-state index is 0.194. The fourth-order valence-corrected chi connectivity index (χ4v) is 13.1. The molecule has 18 aromatic rings. The lowest BCUT2D eigenvalue weighted by Gasteiger charge is -2.11. The van der Waals surface area contributed by atoms with Crippen molar-refractivity contribution in [3.05, 3.63) is 243 Å². The van der Waals surface area contributed by atoms with Gasteiger partial charge in [-0.15, -0.1) is 23.2 Å². The van der Waals surface area contributed by atoms with Gasteiger partial charge >= 0.3 is 0 Å². The number of fused-ring (bicyclic) bond motifs is 30. The van der Waals surface area contributed by atoms with Crippen LogP contribution in [0.4, 0.5) is 0 Å². The van der Waals surface area contributed by atoms with E-state index in [0.717, 1.165) is 22.3 Å². The van der Waals surface area contributed by atoms with Crippen LogP contribution in [0.1, 0.15) is 0 Å². The first-order chi connectivity index (χ1) is 38.1. The molecule has 0 saturated heterocycles. The molecule has 0 bridgehead atoms. The zero-order chi connectivity index (χ0) is 50.9. The average molecular weight is 1020 g/mol. The Bertz CT molecular complexity index is 4830. The highest BCUT2D eigenvalue weighted by Crippen LogP contribution is 2.48. The van der Waals surface area contributed by atoms with Gasteiger partial charge in [-0.25, -0.2) is 0 Å². The van der Waals surface area contributed by atoms with Gasteiger partial charge in [0.15, 0.2) is 0 Å². The van der Waals surface area contributed by atoms with Gasteiger partial charge in [0.25, 0.3) is 0 Å². The second kappa shape index (κ2) is 17.2. The van der Waals surface area contributed by atoms with Crippen molar-refractivity contribution in [2.24, 2.45) is 0 Å². The first-order valence-corrected chi connectivity index (χ1v) is 27.2. The van der Waals surface area contributed by atoms with E-state index in [2.05, 4.69) is 243 Å². The SMILES string of the molecule is ClCCl.c1ccc2c(c1)ccc1ccc3ccc4oc5ccc6ccc7ccc8ccccc8c7c6c5c4c3c12.c1ccc2c(c1)ccc1ccc3ccc4oc5ccc6ccc7ccc8ccccc8c7c6c5c4c3c12. The Labute approximate surface area is 450 Å². The summed E-state index contributed by atoms with van der Waals surface area (Å²) in [7, 11) is 0. The van der Waals surface area contributed by atoms with Crippen LogP contribution in [0.15, 0.2) is 251 Å². The van der Waals surface area contributed by atoms with Crippen LogP contribution in [0.5, 0.6) is 0 Å². The summed E-state index contributed by atoms with van der Waals surface area (Å²) >= 11 is 9.53. The summed E-state index contributed by atoms with van der Waals surface area (Å²) in [5, 5.41) is 35.4. The summed E-state index contributed by atoms with van der Waals surface area (Å²) in [5.41, 5.74) is 3.75. The van der Waals surface area contributed by atoms with Crippen molar-refractivity contribution < 1.29 is 8.83 Å². The molecule has 2 aromatic heterocycles. The summed E-state index contributed by atoms with van der Waals surface area (Å²) in [5.74, 6) is 0. The number of alkyl halides is 2. The van der Waals surface area contributed by atoms with Crippen molar-refractivity contribution in [2.45, 2.75) is 0 Å². The largest absolute Gasteiger partial charge is 0.456 e. The van der Waals surface area contributed by atoms with Crippen LogP contribution in [0.25, 0.3) is 173 Å². The van der Waals surface area contributed by atoms with Gasteiger partial charge in [-0.3, -0.25) is 0 Å². The third-order valence-electron chi connectivity index (χ3n) is 16.4. The lowest BCUT2D eigenvalue weighted by Crippen LogP contribution is -1.84. The zero-order valence-electron chi connectivity index (χ0n) is 41.4. The van der Waals surface area contributed by atoms with Gasteiger partial charge in [0.2, 0.25) is 0 Å². The third kappa shape index (κ3) is 6.56. The number of furan rings is 2. The van der Waals surface area contributed by atoms with Crippen molar-refractivity contribution in [3.8, 4) is 0 Å². The monoisotopic (exact) mass is 1020 g/mol. The molecule has 0 radical (unpaired) electrons. The predicted octanol–water partition coefficient (Wildman–Crippen LogP) is 22.4. The first-order valence-electron chi connectivity index (χ1n) is 26.1. The van der Waals surface area contributed by atoms with Gasteiger partial charge in [0.1, 0.15) is 22.3 Å². The second-order valence-corrected chi connectivity index (χ2v) is 21.1. The molecule has 0 aliphatic carbocycles. The average Bonchev–Trinajstić information content (AvgIpc) is 4.11. The van der Waals surface area contributed by atoms with E-state index >= 15 is 0 Å². The van der Waals surface area contributed by atoms with Crippen molar-refractivity contribution >= 4 is 196 Å². The standard InChI is InChI=1S/2C36H20O.CH2Cl2/c2*1-3-7-27-21(5-1)9-11-23-13-15-25-17-19-29-35(33(25)31(23)27)36-30(37-29)20-18-26-16-14-24-12-10-22-6-2-4-8-28(22)32(24)34(26)36;2-1-3/h2*1-20H;1H2. The fourth-order valence-electron chi connectivity index (χ4n) is 13.1. The van der Waals surface area contributed by atoms with Crippen LogP contribution in [0, 0.1) is 0 Å². The lowest BCUT2D eigenvalue weighted by molar-refractivity contribution is 0.669. The Hall–Kier alpha value is -9.18. The molecule has 360 valence electrons. The van der Waals surface area contributed by atoms with E-state index in [1.165, 1.54) is 151 Å². The maximum absolute atomic E-state index is 6.59. The van der Waals surface area contributed by atoms with Crippen molar-refractivity contribution in [3.63, 3.8) is 0 Å². The van der Waals surface area contributed by atoms with Gasteiger partial charge in [-0.2, -0.15) is 0 Å². The number of hydrogen-bond donors (Lipinski definition) is 0. The maximum Gasteiger partial charge on any atom is 0.136 e. The number of rotatable bonds is 0. The second-order valence-electron chi connectivity index (χ2n) is 20.3. The molecule has 4 heteroatoms. The summed E-state index contributed by atoms with van der Waals surface area (Å²) < 4.78 is 13.2. The molecular formula is C73H42Cl2O2. The maximum atomic E-state index is 6.59. The zero-order valence-corrected chi connectivity index (χ0v) is 42.9. The smallest absolute Gasteiger partial charge is 0.136 e. The Morgan fingerprint density at radius 2 is 0.351 bits per heavy atom.